The maximum Gasteiger partial charge on any atom is 0.413 e. The Balaban J connectivity index is 1.38. The molecule has 1 amide bonds. The molecule has 202 valence electrons. The summed E-state index contributed by atoms with van der Waals surface area (Å²) in [5.74, 6) is 0.632. The first-order chi connectivity index (χ1) is 18.9. The second kappa shape index (κ2) is 11.5. The zero-order chi connectivity index (χ0) is 27.4. The van der Waals surface area contributed by atoms with Crippen molar-refractivity contribution in [2.45, 2.75) is 24.9 Å². The number of pyridine rings is 1. The Kier molecular flexibility index (Phi) is 7.88. The van der Waals surface area contributed by atoms with Crippen LogP contribution in [0.5, 0.6) is 11.6 Å². The van der Waals surface area contributed by atoms with Gasteiger partial charge in [-0.3, -0.25) is 5.32 Å². The van der Waals surface area contributed by atoms with Gasteiger partial charge in [-0.25, -0.2) is 9.78 Å². The van der Waals surface area contributed by atoms with Crippen molar-refractivity contribution in [3.05, 3.63) is 93.5 Å². The third kappa shape index (κ3) is 5.93. The fourth-order valence-electron chi connectivity index (χ4n) is 5.00. The van der Waals surface area contributed by atoms with Gasteiger partial charge in [0.15, 0.2) is 0 Å². The van der Waals surface area contributed by atoms with E-state index < -0.39 is 11.7 Å². The number of aromatic nitrogens is 1. The summed E-state index contributed by atoms with van der Waals surface area (Å²) in [6.07, 6.45) is 7.01. The van der Waals surface area contributed by atoms with Gasteiger partial charge >= 0.3 is 6.09 Å². The summed E-state index contributed by atoms with van der Waals surface area (Å²) in [6.45, 7) is 2.38. The molecule has 3 aromatic rings. The zero-order valence-electron chi connectivity index (χ0n) is 21.6. The van der Waals surface area contributed by atoms with Gasteiger partial charge in [0, 0.05) is 46.9 Å². The van der Waals surface area contributed by atoms with E-state index in [-0.39, 0.29) is 5.88 Å². The Bertz CT molecular complexity index is 1510. The van der Waals surface area contributed by atoms with Crippen LogP contribution in [0.4, 0.5) is 4.79 Å². The number of halogens is 1. The Morgan fingerprint density at radius 1 is 1.18 bits per heavy atom. The molecule has 0 atom stereocenters. The molecule has 2 aliphatic rings. The number of carbonyl (C=O) groups is 1. The first-order valence-corrected chi connectivity index (χ1v) is 13.2. The lowest BCUT2D eigenvalue weighted by Gasteiger charge is -2.38. The Morgan fingerprint density at radius 3 is 2.69 bits per heavy atom. The number of likely N-dealkylation sites (tertiary alicyclic amines) is 1. The molecule has 0 aliphatic carbocycles. The molecule has 0 spiro atoms. The molecule has 0 saturated carbocycles. The van der Waals surface area contributed by atoms with Crippen LogP contribution in [-0.2, 0) is 10.3 Å². The van der Waals surface area contributed by atoms with Crippen molar-refractivity contribution in [3.8, 4) is 11.6 Å². The van der Waals surface area contributed by atoms with Crippen molar-refractivity contribution < 1.29 is 24.5 Å². The van der Waals surface area contributed by atoms with Gasteiger partial charge in [-0.15, -0.1) is 0 Å². The molecule has 2 aromatic carbocycles. The number of fused-ring (bicyclic) bond motifs is 2. The van der Waals surface area contributed by atoms with Crippen LogP contribution in [0.3, 0.4) is 0 Å². The normalized spacial score (nSPS) is 18.1. The molecule has 2 aliphatic heterocycles. The Hall–Kier alpha value is -3.85. The average molecular weight is 548 g/mol. The summed E-state index contributed by atoms with van der Waals surface area (Å²) in [5.41, 5.74) is 1.79. The number of rotatable bonds is 5. The van der Waals surface area contributed by atoms with E-state index in [1.54, 1.807) is 24.4 Å². The number of methoxy groups -OCH3 is 1. The number of hydrogen-bond donors (Lipinski definition) is 3. The fourth-order valence-corrected chi connectivity index (χ4v) is 5.13. The standard InChI is InChI=1S/C30H30ClN3O5/c1-38-29(36)33-27(35)24-6-2-8-26-25(24)19-20(23-7-3-15-32-28(23)39-26)5-4-16-34-17-13-30(37,14-18-34)21-9-11-22(31)12-10-21/h2-3,5-12,15,19,35,37H,4,13-14,16-18H2,1H3,(H,33,36). The third-order valence-corrected chi connectivity index (χ3v) is 7.44. The van der Waals surface area contributed by atoms with Crippen LogP contribution in [0, 0.1) is 0 Å². The quantitative estimate of drug-likeness (QED) is 0.442. The molecule has 1 saturated heterocycles. The maximum absolute atomic E-state index is 11.7. The van der Waals surface area contributed by atoms with Gasteiger partial charge in [-0.05, 0) is 72.9 Å². The molecule has 3 N–H and O–H groups in total. The average Bonchev–Trinajstić information content (AvgIpc) is 3.11. The highest BCUT2D eigenvalue weighted by Gasteiger charge is 2.33. The van der Waals surface area contributed by atoms with Gasteiger partial charge < -0.3 is 24.6 Å². The van der Waals surface area contributed by atoms with Crippen LogP contribution < -0.4 is 20.5 Å². The smallest absolute Gasteiger partial charge is 0.413 e. The molecule has 1 fully saturated rings. The van der Waals surface area contributed by atoms with E-state index in [0.717, 1.165) is 42.8 Å². The number of hydrogen-bond acceptors (Lipinski definition) is 7. The van der Waals surface area contributed by atoms with E-state index in [2.05, 4.69) is 26.0 Å². The monoisotopic (exact) mass is 547 g/mol. The lowest BCUT2D eigenvalue weighted by atomic mass is 9.84. The fraction of sp³-hybridized carbons (Fsp3) is 0.267. The van der Waals surface area contributed by atoms with Crippen molar-refractivity contribution in [2.24, 2.45) is 0 Å². The second-order valence-electron chi connectivity index (χ2n) is 9.61. The van der Waals surface area contributed by atoms with Crippen LogP contribution in [0.2, 0.25) is 5.02 Å². The van der Waals surface area contributed by atoms with E-state index in [0.29, 0.717) is 39.9 Å². The van der Waals surface area contributed by atoms with Crippen molar-refractivity contribution in [1.82, 2.24) is 15.2 Å². The highest BCUT2D eigenvalue weighted by atomic mass is 35.5. The zero-order valence-corrected chi connectivity index (χ0v) is 22.3. The Labute approximate surface area is 231 Å². The molecule has 39 heavy (non-hydrogen) atoms. The van der Waals surface area contributed by atoms with Crippen molar-refractivity contribution in [2.75, 3.05) is 26.7 Å². The summed E-state index contributed by atoms with van der Waals surface area (Å²) in [7, 11) is 1.23. The number of piperidine rings is 1. The van der Waals surface area contributed by atoms with Crippen molar-refractivity contribution in [1.29, 1.82) is 0 Å². The Morgan fingerprint density at radius 2 is 1.95 bits per heavy atom. The largest absolute Gasteiger partial charge is 0.494 e. The van der Waals surface area contributed by atoms with E-state index in [1.165, 1.54) is 7.11 Å². The number of amides is 1. The predicted molar refractivity (Wildman–Crippen MR) is 150 cm³/mol. The number of aliphatic hydroxyl groups excluding tert-OH is 1. The molecular weight excluding hydrogens is 518 g/mol. The number of ether oxygens (including phenoxy) is 2. The summed E-state index contributed by atoms with van der Waals surface area (Å²) in [6, 6.07) is 16.5. The predicted octanol–water partition coefficient (Wildman–Crippen LogP) is 4.06. The van der Waals surface area contributed by atoms with E-state index in [9.17, 15) is 15.0 Å². The molecule has 3 heterocycles. The molecule has 9 heteroatoms. The number of nitrogens with zero attached hydrogens (tertiary/aromatic N) is 2. The van der Waals surface area contributed by atoms with Crippen LogP contribution in [0.1, 0.15) is 30.4 Å². The summed E-state index contributed by atoms with van der Waals surface area (Å²) < 4.78 is 10.7. The number of nitrogens with one attached hydrogen (secondary N) is 1. The molecule has 0 unspecified atom stereocenters. The van der Waals surface area contributed by atoms with Gasteiger partial charge in [0.25, 0.3) is 0 Å². The van der Waals surface area contributed by atoms with Crippen LogP contribution in [0.15, 0.2) is 66.9 Å². The molecule has 0 bridgehead atoms. The first-order valence-electron chi connectivity index (χ1n) is 12.8. The van der Waals surface area contributed by atoms with Crippen molar-refractivity contribution in [3.63, 3.8) is 0 Å². The van der Waals surface area contributed by atoms with Crippen LogP contribution >= 0.6 is 11.6 Å². The van der Waals surface area contributed by atoms with E-state index in [4.69, 9.17) is 16.3 Å². The number of allylic oxidation sites excluding steroid dienone is 1. The molecular formula is C30H30ClN3O5. The van der Waals surface area contributed by atoms with Crippen LogP contribution in [0.25, 0.3) is 17.5 Å². The first kappa shape index (κ1) is 26.7. The highest BCUT2D eigenvalue weighted by molar-refractivity contribution is 6.30. The van der Waals surface area contributed by atoms with Crippen LogP contribution in [-0.4, -0.2) is 52.9 Å². The van der Waals surface area contributed by atoms with Gasteiger partial charge in [0.1, 0.15) is 5.75 Å². The molecule has 1 aromatic heterocycles. The molecule has 5 rings (SSSR count). The molecule has 8 nitrogen and oxygen atoms in total. The van der Waals surface area contributed by atoms with Gasteiger partial charge in [-0.1, -0.05) is 35.9 Å². The minimum atomic E-state index is -0.840. The van der Waals surface area contributed by atoms with E-state index in [1.807, 2.05) is 42.5 Å². The van der Waals surface area contributed by atoms with Gasteiger partial charge in [0.05, 0.1) is 12.7 Å². The maximum atomic E-state index is 11.7. The topological polar surface area (TPSA) is 104 Å². The lowest BCUT2D eigenvalue weighted by Crippen LogP contribution is -2.42. The summed E-state index contributed by atoms with van der Waals surface area (Å²) in [5, 5.41) is 25.8. The number of carbonyl (C=O) groups excluding carboxylic acids is 1. The molecule has 0 radical (unpaired) electrons. The number of benzene rings is 2. The lowest BCUT2D eigenvalue weighted by molar-refractivity contribution is -0.0254. The summed E-state index contributed by atoms with van der Waals surface area (Å²) >= 11 is 6.02. The van der Waals surface area contributed by atoms with Gasteiger partial charge in [-0.2, -0.15) is 0 Å². The van der Waals surface area contributed by atoms with E-state index >= 15 is 0 Å². The number of alkyl carbamates (subject to hydrolysis) is 1. The third-order valence-electron chi connectivity index (χ3n) is 7.19. The SMILES string of the molecule is COC(=O)NC(O)=c1cccc2c1=CC(=CCCN1CCC(O)(c3ccc(Cl)cc3)CC1)c1cccnc1O2. The van der Waals surface area contributed by atoms with Crippen molar-refractivity contribution >= 4 is 35.2 Å². The minimum absolute atomic E-state index is 0.335. The summed E-state index contributed by atoms with van der Waals surface area (Å²) in [4.78, 5) is 18.5. The number of aliphatic hydroxyl groups is 2. The highest BCUT2D eigenvalue weighted by Crippen LogP contribution is 2.34. The second-order valence-corrected chi connectivity index (χ2v) is 10.0. The minimum Gasteiger partial charge on any atom is -0.494 e. The van der Waals surface area contributed by atoms with Gasteiger partial charge in [0.2, 0.25) is 11.8 Å².